The normalized spacial score (nSPS) is 12.5. The van der Waals surface area contributed by atoms with E-state index in [4.69, 9.17) is 0 Å². The Kier molecular flexibility index (Phi) is 4.42. The molecule has 0 aromatic heterocycles. The number of aliphatic hydroxyl groups is 1. The molecule has 0 heterocycles. The molecule has 7 heteroatoms. The molecule has 0 radical (unpaired) electrons. The van der Waals surface area contributed by atoms with Crippen molar-refractivity contribution in [3.05, 3.63) is 65.0 Å². The van der Waals surface area contributed by atoms with E-state index in [0.29, 0.717) is 12.1 Å². The lowest BCUT2D eigenvalue weighted by Gasteiger charge is -2.14. The van der Waals surface area contributed by atoms with E-state index >= 15 is 0 Å². The van der Waals surface area contributed by atoms with E-state index in [1.54, 1.807) is 0 Å². The number of alkyl halides is 2. The van der Waals surface area contributed by atoms with Crippen LogP contribution in [0.1, 0.15) is 17.2 Å². The summed E-state index contributed by atoms with van der Waals surface area (Å²) in [7, 11) is 0. The highest BCUT2D eigenvalue weighted by molar-refractivity contribution is 5.35. The second-order valence-electron chi connectivity index (χ2n) is 4.13. The molecular weight excluding hydrogens is 295 g/mol. The van der Waals surface area contributed by atoms with Crippen molar-refractivity contribution in [3.63, 3.8) is 0 Å². The third-order valence-electron chi connectivity index (χ3n) is 2.74. The second-order valence-corrected chi connectivity index (χ2v) is 4.13. The first-order chi connectivity index (χ1) is 9.88. The number of halogens is 5. The van der Waals surface area contributed by atoms with Gasteiger partial charge in [-0.3, -0.25) is 0 Å². The highest BCUT2D eigenvalue weighted by Gasteiger charge is 2.21. The monoisotopic (exact) mass is 304 g/mol. The van der Waals surface area contributed by atoms with Crippen molar-refractivity contribution >= 4 is 0 Å². The highest BCUT2D eigenvalue weighted by Crippen LogP contribution is 2.28. The number of benzene rings is 2. The van der Waals surface area contributed by atoms with Crippen LogP contribution in [-0.4, -0.2) is 11.7 Å². The zero-order chi connectivity index (χ0) is 15.6. The molecule has 2 aromatic carbocycles. The summed E-state index contributed by atoms with van der Waals surface area (Å²) in [5.74, 6) is -3.76. The lowest BCUT2D eigenvalue weighted by Crippen LogP contribution is -2.07. The maximum Gasteiger partial charge on any atom is 0.387 e. The fourth-order valence-electron chi connectivity index (χ4n) is 1.81. The van der Waals surface area contributed by atoms with Crippen molar-refractivity contribution in [2.45, 2.75) is 12.7 Å². The van der Waals surface area contributed by atoms with Crippen molar-refractivity contribution in [2.24, 2.45) is 0 Å². The average molecular weight is 304 g/mol. The van der Waals surface area contributed by atoms with E-state index < -0.39 is 35.7 Å². The lowest BCUT2D eigenvalue weighted by molar-refractivity contribution is -0.0498. The molecule has 0 aliphatic rings. The Hall–Kier alpha value is -2.15. The standard InChI is InChI=1S/C14H9F5O2/c15-8-5-10(16)12(11(17)6-8)13(20)7-1-3-9(4-2-7)21-14(18)19/h1-6,13-14,20H. The summed E-state index contributed by atoms with van der Waals surface area (Å²) in [6.07, 6.45) is -1.70. The Morgan fingerprint density at radius 1 is 0.905 bits per heavy atom. The molecule has 0 saturated heterocycles. The minimum absolute atomic E-state index is 0.0426. The minimum atomic E-state index is -3.01. The van der Waals surface area contributed by atoms with Gasteiger partial charge in [0.05, 0.1) is 5.56 Å². The quantitative estimate of drug-likeness (QED) is 0.871. The van der Waals surface area contributed by atoms with E-state index in [9.17, 15) is 27.1 Å². The van der Waals surface area contributed by atoms with E-state index in [2.05, 4.69) is 4.74 Å². The van der Waals surface area contributed by atoms with Gasteiger partial charge in [-0.2, -0.15) is 8.78 Å². The van der Waals surface area contributed by atoms with Gasteiger partial charge < -0.3 is 9.84 Å². The lowest BCUT2D eigenvalue weighted by atomic mass is 10.0. The third-order valence-corrected chi connectivity index (χ3v) is 2.74. The summed E-state index contributed by atoms with van der Waals surface area (Å²) in [5.41, 5.74) is -0.681. The van der Waals surface area contributed by atoms with Crippen molar-refractivity contribution in [1.82, 2.24) is 0 Å². The molecule has 0 saturated carbocycles. The summed E-state index contributed by atoms with van der Waals surface area (Å²) in [6.45, 7) is -3.01. The van der Waals surface area contributed by atoms with Gasteiger partial charge in [0, 0.05) is 12.1 Å². The largest absolute Gasteiger partial charge is 0.435 e. The first kappa shape index (κ1) is 15.2. The van der Waals surface area contributed by atoms with E-state index in [-0.39, 0.29) is 11.3 Å². The van der Waals surface area contributed by atoms with E-state index in [0.717, 1.165) is 12.1 Å². The van der Waals surface area contributed by atoms with Crippen LogP contribution in [0.3, 0.4) is 0 Å². The zero-order valence-electron chi connectivity index (χ0n) is 10.4. The van der Waals surface area contributed by atoms with Gasteiger partial charge in [0.15, 0.2) is 0 Å². The summed E-state index contributed by atoms with van der Waals surface area (Å²) >= 11 is 0. The zero-order valence-corrected chi connectivity index (χ0v) is 10.4. The number of hydrogen-bond acceptors (Lipinski definition) is 2. The van der Waals surface area contributed by atoms with Crippen LogP contribution >= 0.6 is 0 Å². The number of hydrogen-bond donors (Lipinski definition) is 1. The van der Waals surface area contributed by atoms with Crippen LogP contribution in [0.2, 0.25) is 0 Å². The molecular formula is C14H9F5O2. The molecule has 0 fully saturated rings. The Bertz CT molecular complexity index is 605. The van der Waals surface area contributed by atoms with Crippen LogP contribution < -0.4 is 4.74 Å². The Balaban J connectivity index is 2.30. The van der Waals surface area contributed by atoms with Crippen molar-refractivity contribution in [3.8, 4) is 5.75 Å². The van der Waals surface area contributed by atoms with Crippen molar-refractivity contribution < 1.29 is 31.8 Å². The molecule has 1 atom stereocenters. The first-order valence-electron chi connectivity index (χ1n) is 5.75. The van der Waals surface area contributed by atoms with Crippen LogP contribution in [0.5, 0.6) is 5.75 Å². The van der Waals surface area contributed by atoms with E-state index in [1.165, 1.54) is 12.1 Å². The smallest absolute Gasteiger partial charge is 0.387 e. The average Bonchev–Trinajstić information content (AvgIpc) is 2.37. The predicted molar refractivity (Wildman–Crippen MR) is 63.5 cm³/mol. The molecule has 1 unspecified atom stereocenters. The number of aliphatic hydroxyl groups excluding tert-OH is 1. The molecule has 0 aliphatic heterocycles. The molecule has 2 nitrogen and oxygen atoms in total. The van der Waals surface area contributed by atoms with Crippen LogP contribution in [0.4, 0.5) is 22.0 Å². The van der Waals surface area contributed by atoms with Gasteiger partial charge in [-0.15, -0.1) is 0 Å². The van der Waals surface area contributed by atoms with Crippen LogP contribution in [0.15, 0.2) is 36.4 Å². The molecule has 112 valence electrons. The molecule has 0 amide bonds. The Morgan fingerprint density at radius 3 is 1.90 bits per heavy atom. The van der Waals surface area contributed by atoms with Gasteiger partial charge >= 0.3 is 6.61 Å². The summed E-state index contributed by atoms with van der Waals surface area (Å²) in [4.78, 5) is 0. The van der Waals surface area contributed by atoms with Crippen LogP contribution in [0.25, 0.3) is 0 Å². The highest BCUT2D eigenvalue weighted by atomic mass is 19.3. The van der Waals surface area contributed by atoms with Crippen molar-refractivity contribution in [1.29, 1.82) is 0 Å². The number of ether oxygens (including phenoxy) is 1. The van der Waals surface area contributed by atoms with Gasteiger partial charge in [0.25, 0.3) is 0 Å². The summed E-state index contributed by atoms with van der Waals surface area (Å²) in [5, 5.41) is 9.93. The SMILES string of the molecule is OC(c1ccc(OC(F)F)cc1)c1c(F)cc(F)cc1F. The van der Waals surface area contributed by atoms with Crippen molar-refractivity contribution in [2.75, 3.05) is 0 Å². The Labute approximate surface area is 116 Å². The summed E-state index contributed by atoms with van der Waals surface area (Å²) < 4.78 is 67.9. The third kappa shape index (κ3) is 3.49. The molecule has 1 N–H and O–H groups in total. The maximum atomic E-state index is 13.5. The second kappa shape index (κ2) is 6.09. The van der Waals surface area contributed by atoms with Gasteiger partial charge in [-0.25, -0.2) is 13.2 Å². The topological polar surface area (TPSA) is 29.5 Å². The molecule has 21 heavy (non-hydrogen) atoms. The molecule has 2 aromatic rings. The van der Waals surface area contributed by atoms with Gasteiger partial charge in [0.2, 0.25) is 0 Å². The fraction of sp³-hybridized carbons (Fsp3) is 0.143. The first-order valence-corrected chi connectivity index (χ1v) is 5.75. The Morgan fingerprint density at radius 2 is 1.43 bits per heavy atom. The van der Waals surface area contributed by atoms with Crippen LogP contribution in [0, 0.1) is 17.5 Å². The maximum absolute atomic E-state index is 13.5. The van der Waals surface area contributed by atoms with E-state index in [1.807, 2.05) is 0 Å². The molecule has 0 aliphatic carbocycles. The predicted octanol–water partition coefficient (Wildman–Crippen LogP) is 3.79. The molecule has 0 spiro atoms. The van der Waals surface area contributed by atoms with Gasteiger partial charge in [-0.05, 0) is 17.7 Å². The summed E-state index contributed by atoms with van der Waals surface area (Å²) in [6, 6.07) is 5.45. The minimum Gasteiger partial charge on any atom is -0.435 e. The number of rotatable bonds is 4. The van der Waals surface area contributed by atoms with Crippen LogP contribution in [-0.2, 0) is 0 Å². The van der Waals surface area contributed by atoms with Gasteiger partial charge in [0.1, 0.15) is 29.3 Å². The molecule has 2 rings (SSSR count). The fourth-order valence-corrected chi connectivity index (χ4v) is 1.81. The van der Waals surface area contributed by atoms with Gasteiger partial charge in [-0.1, -0.05) is 12.1 Å². The molecule has 0 bridgehead atoms.